The Balaban J connectivity index is 1.95. The van der Waals surface area contributed by atoms with E-state index in [4.69, 9.17) is 11.6 Å². The fraction of sp³-hybridized carbons (Fsp3) is 0.467. The van der Waals surface area contributed by atoms with E-state index in [0.29, 0.717) is 25.9 Å². The van der Waals surface area contributed by atoms with Crippen molar-refractivity contribution in [2.24, 2.45) is 0 Å². The van der Waals surface area contributed by atoms with Crippen LogP contribution in [0.15, 0.2) is 12.1 Å². The van der Waals surface area contributed by atoms with Crippen molar-refractivity contribution in [2.45, 2.75) is 25.3 Å². The van der Waals surface area contributed by atoms with Gasteiger partial charge in [-0.1, -0.05) is 0 Å². The smallest absolute Gasteiger partial charge is 0.254 e. The van der Waals surface area contributed by atoms with Crippen molar-refractivity contribution in [3.05, 3.63) is 17.7 Å². The van der Waals surface area contributed by atoms with Crippen LogP contribution in [0.25, 0.3) is 0 Å². The Kier molecular flexibility index (Phi) is 5.54. The summed E-state index contributed by atoms with van der Waals surface area (Å²) in [6.45, 7) is 0.903. The maximum absolute atomic E-state index is 12.4. The van der Waals surface area contributed by atoms with Crippen LogP contribution in [0, 0.1) is 0 Å². The van der Waals surface area contributed by atoms with Gasteiger partial charge in [0.05, 0.1) is 0 Å². The molecule has 0 atom stereocenters. The Labute approximate surface area is 138 Å². The number of halogens is 1. The molecule has 126 valence electrons. The molecule has 0 unspecified atom stereocenters. The minimum Gasteiger partial charge on any atom is -0.504 e. The number of alkyl halides is 1. The third-order valence-corrected chi connectivity index (χ3v) is 3.97. The number of phenols is 3. The molecule has 1 fully saturated rings. The van der Waals surface area contributed by atoms with Crippen molar-refractivity contribution in [3.8, 4) is 17.2 Å². The maximum atomic E-state index is 12.4. The molecule has 0 saturated carbocycles. The van der Waals surface area contributed by atoms with Crippen molar-refractivity contribution in [1.82, 2.24) is 10.2 Å². The molecule has 4 N–H and O–H groups in total. The lowest BCUT2D eigenvalue weighted by Crippen LogP contribution is -2.46. The monoisotopic (exact) mass is 342 g/mol. The first kappa shape index (κ1) is 17.2. The van der Waals surface area contributed by atoms with E-state index >= 15 is 0 Å². The second kappa shape index (κ2) is 7.41. The van der Waals surface area contributed by atoms with E-state index in [-0.39, 0.29) is 35.7 Å². The lowest BCUT2D eigenvalue weighted by atomic mass is 10.0. The summed E-state index contributed by atoms with van der Waals surface area (Å²) in [4.78, 5) is 25.4. The molecule has 1 aliphatic heterocycles. The predicted molar refractivity (Wildman–Crippen MR) is 83.8 cm³/mol. The molecule has 0 radical (unpaired) electrons. The Morgan fingerprint density at radius 2 is 1.74 bits per heavy atom. The molecule has 8 heteroatoms. The van der Waals surface area contributed by atoms with Gasteiger partial charge in [-0.2, -0.15) is 0 Å². The molecule has 0 spiro atoms. The van der Waals surface area contributed by atoms with Crippen molar-refractivity contribution in [2.75, 3.05) is 19.0 Å². The average molecular weight is 343 g/mol. The lowest BCUT2D eigenvalue weighted by molar-refractivity contribution is -0.121. The minimum absolute atomic E-state index is 0.0105. The molecule has 1 saturated heterocycles. The second-order valence-electron chi connectivity index (χ2n) is 5.44. The number of carbonyl (C=O) groups is 2. The number of hydrogen-bond donors (Lipinski definition) is 4. The van der Waals surface area contributed by atoms with E-state index in [0.717, 1.165) is 12.1 Å². The molecule has 2 rings (SSSR count). The highest BCUT2D eigenvalue weighted by Gasteiger charge is 2.25. The highest BCUT2D eigenvalue weighted by Crippen LogP contribution is 2.35. The van der Waals surface area contributed by atoms with Crippen LogP contribution in [0.3, 0.4) is 0 Å². The highest BCUT2D eigenvalue weighted by atomic mass is 35.5. The summed E-state index contributed by atoms with van der Waals surface area (Å²) in [5.41, 5.74) is 0.0995. The van der Waals surface area contributed by atoms with Crippen LogP contribution in [-0.4, -0.2) is 57.0 Å². The maximum Gasteiger partial charge on any atom is 0.254 e. The van der Waals surface area contributed by atoms with E-state index in [1.807, 2.05) is 0 Å². The molecule has 1 aromatic rings. The summed E-state index contributed by atoms with van der Waals surface area (Å²) in [5, 5.41) is 31.1. The molecular weight excluding hydrogens is 324 g/mol. The fourth-order valence-corrected chi connectivity index (χ4v) is 2.69. The zero-order chi connectivity index (χ0) is 17.0. The van der Waals surface area contributed by atoms with E-state index in [1.54, 1.807) is 4.90 Å². The lowest BCUT2D eigenvalue weighted by Gasteiger charge is -2.32. The molecule has 0 aromatic heterocycles. The van der Waals surface area contributed by atoms with Crippen LogP contribution in [0.5, 0.6) is 17.2 Å². The first-order chi connectivity index (χ1) is 10.9. The number of likely N-dealkylation sites (tertiary alicyclic amines) is 1. The summed E-state index contributed by atoms with van der Waals surface area (Å²) in [6.07, 6.45) is 1.51. The number of nitrogens with one attached hydrogen (secondary N) is 1. The van der Waals surface area contributed by atoms with Gasteiger partial charge >= 0.3 is 0 Å². The molecule has 1 aromatic carbocycles. The number of benzene rings is 1. The van der Waals surface area contributed by atoms with Crippen molar-refractivity contribution in [3.63, 3.8) is 0 Å². The van der Waals surface area contributed by atoms with Gasteiger partial charge in [-0.3, -0.25) is 9.59 Å². The number of amides is 2. The van der Waals surface area contributed by atoms with Gasteiger partial charge in [-0.15, -0.1) is 11.6 Å². The van der Waals surface area contributed by atoms with E-state index in [2.05, 4.69) is 5.32 Å². The molecule has 23 heavy (non-hydrogen) atoms. The molecule has 0 bridgehead atoms. The van der Waals surface area contributed by atoms with E-state index in [9.17, 15) is 24.9 Å². The molecular formula is C15H19ClN2O5. The Morgan fingerprint density at radius 1 is 1.17 bits per heavy atom. The normalized spacial score (nSPS) is 15.4. The minimum atomic E-state index is -0.651. The highest BCUT2D eigenvalue weighted by molar-refractivity contribution is 6.18. The van der Waals surface area contributed by atoms with Crippen LogP contribution < -0.4 is 5.32 Å². The van der Waals surface area contributed by atoms with Crippen molar-refractivity contribution < 1.29 is 24.9 Å². The quantitative estimate of drug-likeness (QED) is 0.484. The van der Waals surface area contributed by atoms with Gasteiger partial charge in [0.15, 0.2) is 17.2 Å². The van der Waals surface area contributed by atoms with Gasteiger partial charge in [0.2, 0.25) is 5.91 Å². The number of aromatic hydroxyl groups is 3. The number of nitrogens with zero attached hydrogens (tertiary/aromatic N) is 1. The Morgan fingerprint density at radius 3 is 2.26 bits per heavy atom. The summed E-state index contributed by atoms with van der Waals surface area (Å²) in [6, 6.07) is 2.24. The number of rotatable bonds is 4. The van der Waals surface area contributed by atoms with Crippen molar-refractivity contribution in [1.29, 1.82) is 0 Å². The third kappa shape index (κ3) is 4.19. The van der Waals surface area contributed by atoms with Crippen molar-refractivity contribution >= 4 is 23.4 Å². The third-order valence-electron chi connectivity index (χ3n) is 3.79. The van der Waals surface area contributed by atoms with Gasteiger partial charge in [-0.25, -0.2) is 0 Å². The summed E-state index contributed by atoms with van der Waals surface area (Å²) < 4.78 is 0. The summed E-state index contributed by atoms with van der Waals surface area (Å²) >= 11 is 5.51. The molecule has 1 heterocycles. The number of phenolic OH excluding ortho intramolecular Hbond substituents is 3. The standard InChI is InChI=1S/C15H19ClN2O5/c16-4-1-13(21)17-10-2-5-18(6-3-10)15(23)9-7-11(19)14(22)12(20)8-9/h7-8,10,19-20,22H,1-6H2,(H,17,21). The van der Waals surface area contributed by atoms with E-state index in [1.165, 1.54) is 0 Å². The summed E-state index contributed by atoms with van der Waals surface area (Å²) in [5.74, 6) is -1.91. The van der Waals surface area contributed by atoms with Crippen LogP contribution in [-0.2, 0) is 4.79 Å². The second-order valence-corrected chi connectivity index (χ2v) is 5.81. The Bertz CT molecular complexity index is 577. The molecule has 7 nitrogen and oxygen atoms in total. The SMILES string of the molecule is O=C(CCCl)NC1CCN(C(=O)c2cc(O)c(O)c(O)c2)CC1. The van der Waals surface area contributed by atoms with E-state index < -0.39 is 17.2 Å². The Hall–Kier alpha value is -2.15. The van der Waals surface area contributed by atoms with Gasteiger partial charge in [-0.05, 0) is 25.0 Å². The van der Waals surface area contributed by atoms with Crippen LogP contribution in [0.4, 0.5) is 0 Å². The number of carbonyl (C=O) groups excluding carboxylic acids is 2. The van der Waals surface area contributed by atoms with Gasteiger partial charge in [0.1, 0.15) is 0 Å². The number of piperidine rings is 1. The zero-order valence-electron chi connectivity index (χ0n) is 12.5. The molecule has 2 amide bonds. The fourth-order valence-electron chi connectivity index (χ4n) is 2.52. The molecule has 0 aliphatic carbocycles. The van der Waals surface area contributed by atoms with Crippen LogP contribution in [0.1, 0.15) is 29.6 Å². The van der Waals surface area contributed by atoms with Crippen LogP contribution in [0.2, 0.25) is 0 Å². The average Bonchev–Trinajstić information content (AvgIpc) is 2.52. The van der Waals surface area contributed by atoms with Gasteiger partial charge in [0, 0.05) is 37.0 Å². The topological polar surface area (TPSA) is 110 Å². The van der Waals surface area contributed by atoms with Crippen LogP contribution >= 0.6 is 11.6 Å². The zero-order valence-corrected chi connectivity index (χ0v) is 13.2. The number of hydrogen-bond acceptors (Lipinski definition) is 5. The van der Waals surface area contributed by atoms with Gasteiger partial charge in [0.25, 0.3) is 5.91 Å². The largest absolute Gasteiger partial charge is 0.504 e. The summed E-state index contributed by atoms with van der Waals surface area (Å²) in [7, 11) is 0. The predicted octanol–water partition coefficient (Wildman–Crippen LogP) is 1.15. The first-order valence-corrected chi connectivity index (χ1v) is 7.85. The van der Waals surface area contributed by atoms with Gasteiger partial charge < -0.3 is 25.5 Å². The first-order valence-electron chi connectivity index (χ1n) is 7.32. The molecule has 1 aliphatic rings.